The van der Waals surface area contributed by atoms with Crippen molar-refractivity contribution in [3.63, 3.8) is 0 Å². The van der Waals surface area contributed by atoms with Gasteiger partial charge in [-0.15, -0.1) is 0 Å². The molecule has 1 N–H and O–H groups in total. The minimum Gasteiger partial charge on any atom is -0.383 e. The van der Waals surface area contributed by atoms with Crippen LogP contribution < -0.4 is 5.32 Å². The predicted molar refractivity (Wildman–Crippen MR) is 73.4 cm³/mol. The minimum absolute atomic E-state index is 0.722. The first-order valence-corrected chi connectivity index (χ1v) is 7.18. The van der Waals surface area contributed by atoms with Gasteiger partial charge >= 0.3 is 0 Å². The highest BCUT2D eigenvalue weighted by atomic mass is 16.5. The van der Waals surface area contributed by atoms with Gasteiger partial charge in [0.2, 0.25) is 0 Å². The Labute approximate surface area is 107 Å². The summed E-state index contributed by atoms with van der Waals surface area (Å²) >= 11 is 0. The number of hydrogen-bond acceptors (Lipinski definition) is 3. The third kappa shape index (κ3) is 4.23. The van der Waals surface area contributed by atoms with E-state index < -0.39 is 0 Å². The molecule has 0 aromatic rings. The zero-order valence-electron chi connectivity index (χ0n) is 12.0. The van der Waals surface area contributed by atoms with E-state index in [0.717, 1.165) is 31.3 Å². The predicted octanol–water partition coefficient (Wildman–Crippen LogP) is 2.26. The Morgan fingerprint density at radius 2 is 2.00 bits per heavy atom. The standard InChI is InChI=1S/C14H30N2O/c1-5-13(6-2)16(9-10-17-4)14-8-7-12(11-14)15-3/h12-15H,5-11H2,1-4H3. The Morgan fingerprint density at radius 3 is 2.47 bits per heavy atom. The average molecular weight is 242 g/mol. The second-order valence-electron chi connectivity index (χ2n) is 5.15. The first-order chi connectivity index (χ1) is 8.26. The maximum absolute atomic E-state index is 5.27. The molecule has 1 fully saturated rings. The molecule has 2 atom stereocenters. The Kier molecular flexibility index (Phi) is 7.09. The third-order valence-electron chi connectivity index (χ3n) is 4.25. The van der Waals surface area contributed by atoms with E-state index in [0.29, 0.717) is 0 Å². The molecule has 0 aliphatic heterocycles. The van der Waals surface area contributed by atoms with Gasteiger partial charge in [0.1, 0.15) is 0 Å². The number of nitrogens with zero attached hydrogens (tertiary/aromatic N) is 1. The smallest absolute Gasteiger partial charge is 0.0589 e. The van der Waals surface area contributed by atoms with Crippen molar-refractivity contribution in [2.75, 3.05) is 27.3 Å². The molecular formula is C14H30N2O. The van der Waals surface area contributed by atoms with E-state index in [1.165, 1.54) is 32.1 Å². The van der Waals surface area contributed by atoms with Crippen molar-refractivity contribution in [3.8, 4) is 0 Å². The summed E-state index contributed by atoms with van der Waals surface area (Å²) < 4.78 is 5.27. The first-order valence-electron chi connectivity index (χ1n) is 7.18. The highest BCUT2D eigenvalue weighted by molar-refractivity contribution is 4.88. The molecule has 0 aromatic carbocycles. The molecule has 102 valence electrons. The fourth-order valence-electron chi connectivity index (χ4n) is 3.14. The highest BCUT2D eigenvalue weighted by Gasteiger charge is 2.30. The van der Waals surface area contributed by atoms with Crippen LogP contribution in [0.1, 0.15) is 46.0 Å². The fourth-order valence-corrected chi connectivity index (χ4v) is 3.14. The van der Waals surface area contributed by atoms with Crippen LogP contribution in [0.2, 0.25) is 0 Å². The number of rotatable bonds is 8. The molecule has 0 bridgehead atoms. The van der Waals surface area contributed by atoms with Crippen LogP contribution in [-0.2, 0) is 4.74 Å². The normalized spacial score (nSPS) is 25.1. The molecule has 1 aliphatic rings. The summed E-state index contributed by atoms with van der Waals surface area (Å²) in [5.41, 5.74) is 0. The Hall–Kier alpha value is -0.120. The van der Waals surface area contributed by atoms with Gasteiger partial charge in [-0.25, -0.2) is 0 Å². The zero-order chi connectivity index (χ0) is 12.7. The van der Waals surface area contributed by atoms with Crippen molar-refractivity contribution < 1.29 is 4.74 Å². The van der Waals surface area contributed by atoms with Gasteiger partial charge in [0, 0.05) is 31.8 Å². The lowest BCUT2D eigenvalue weighted by molar-refractivity contribution is 0.0805. The van der Waals surface area contributed by atoms with E-state index in [-0.39, 0.29) is 0 Å². The lowest BCUT2D eigenvalue weighted by Crippen LogP contribution is -2.44. The molecular weight excluding hydrogens is 212 g/mol. The zero-order valence-corrected chi connectivity index (χ0v) is 12.0. The van der Waals surface area contributed by atoms with Crippen LogP contribution in [0.5, 0.6) is 0 Å². The van der Waals surface area contributed by atoms with Crippen LogP contribution in [0.4, 0.5) is 0 Å². The van der Waals surface area contributed by atoms with E-state index in [4.69, 9.17) is 4.74 Å². The van der Waals surface area contributed by atoms with Gasteiger partial charge < -0.3 is 10.1 Å². The second-order valence-corrected chi connectivity index (χ2v) is 5.15. The van der Waals surface area contributed by atoms with E-state index in [1.54, 1.807) is 7.11 Å². The number of methoxy groups -OCH3 is 1. The van der Waals surface area contributed by atoms with E-state index >= 15 is 0 Å². The summed E-state index contributed by atoms with van der Waals surface area (Å²) in [6.45, 7) is 6.55. The van der Waals surface area contributed by atoms with Gasteiger partial charge in [-0.2, -0.15) is 0 Å². The summed E-state index contributed by atoms with van der Waals surface area (Å²) in [5.74, 6) is 0. The molecule has 1 aliphatic carbocycles. The quantitative estimate of drug-likeness (QED) is 0.706. The van der Waals surface area contributed by atoms with Gasteiger partial charge in [0.25, 0.3) is 0 Å². The van der Waals surface area contributed by atoms with Crippen molar-refractivity contribution in [2.45, 2.75) is 64.1 Å². The van der Waals surface area contributed by atoms with Crippen LogP contribution in [-0.4, -0.2) is 50.3 Å². The van der Waals surface area contributed by atoms with Crippen molar-refractivity contribution >= 4 is 0 Å². The minimum atomic E-state index is 0.722. The third-order valence-corrected chi connectivity index (χ3v) is 4.25. The van der Waals surface area contributed by atoms with Crippen LogP contribution in [0.25, 0.3) is 0 Å². The average Bonchev–Trinajstić information content (AvgIpc) is 2.83. The molecule has 1 saturated carbocycles. The van der Waals surface area contributed by atoms with Crippen LogP contribution in [0, 0.1) is 0 Å². The van der Waals surface area contributed by atoms with Crippen molar-refractivity contribution in [1.82, 2.24) is 10.2 Å². The van der Waals surface area contributed by atoms with Crippen LogP contribution in [0.15, 0.2) is 0 Å². The number of nitrogens with one attached hydrogen (secondary N) is 1. The molecule has 0 radical (unpaired) electrons. The summed E-state index contributed by atoms with van der Waals surface area (Å²) in [6, 6.07) is 2.21. The highest BCUT2D eigenvalue weighted by Crippen LogP contribution is 2.27. The second kappa shape index (κ2) is 8.06. The van der Waals surface area contributed by atoms with Crippen LogP contribution in [0.3, 0.4) is 0 Å². The van der Waals surface area contributed by atoms with Gasteiger partial charge in [-0.05, 0) is 39.2 Å². The molecule has 0 saturated heterocycles. The Balaban J connectivity index is 2.55. The van der Waals surface area contributed by atoms with Crippen molar-refractivity contribution in [3.05, 3.63) is 0 Å². The summed E-state index contributed by atoms with van der Waals surface area (Å²) in [7, 11) is 3.89. The van der Waals surface area contributed by atoms with Gasteiger partial charge in [0.15, 0.2) is 0 Å². The molecule has 0 spiro atoms. The van der Waals surface area contributed by atoms with E-state index in [2.05, 4.69) is 31.1 Å². The molecule has 0 amide bonds. The topological polar surface area (TPSA) is 24.5 Å². The molecule has 3 nitrogen and oxygen atoms in total. The van der Waals surface area contributed by atoms with E-state index in [1.807, 2.05) is 0 Å². The van der Waals surface area contributed by atoms with Crippen LogP contribution >= 0.6 is 0 Å². The summed E-state index contributed by atoms with van der Waals surface area (Å²) in [6.07, 6.45) is 6.47. The SMILES string of the molecule is CCC(CC)N(CCOC)C1CCC(NC)C1. The fraction of sp³-hybridized carbons (Fsp3) is 1.00. The summed E-state index contributed by atoms with van der Waals surface area (Å²) in [5, 5.41) is 3.42. The largest absolute Gasteiger partial charge is 0.383 e. The lowest BCUT2D eigenvalue weighted by Gasteiger charge is -2.35. The first kappa shape index (κ1) is 14.9. The van der Waals surface area contributed by atoms with E-state index in [9.17, 15) is 0 Å². The number of hydrogen-bond donors (Lipinski definition) is 1. The maximum atomic E-state index is 5.27. The van der Waals surface area contributed by atoms with Gasteiger partial charge in [-0.1, -0.05) is 13.8 Å². The van der Waals surface area contributed by atoms with Crippen molar-refractivity contribution in [1.29, 1.82) is 0 Å². The lowest BCUT2D eigenvalue weighted by atomic mass is 10.1. The Morgan fingerprint density at radius 1 is 1.29 bits per heavy atom. The molecule has 0 heterocycles. The molecule has 17 heavy (non-hydrogen) atoms. The maximum Gasteiger partial charge on any atom is 0.0589 e. The van der Waals surface area contributed by atoms with Gasteiger partial charge in [-0.3, -0.25) is 4.90 Å². The monoisotopic (exact) mass is 242 g/mol. The number of ether oxygens (including phenoxy) is 1. The van der Waals surface area contributed by atoms with Gasteiger partial charge in [0.05, 0.1) is 6.61 Å². The Bertz CT molecular complexity index is 195. The molecule has 1 rings (SSSR count). The molecule has 2 unspecified atom stereocenters. The summed E-state index contributed by atoms with van der Waals surface area (Å²) in [4.78, 5) is 2.70. The van der Waals surface area contributed by atoms with Crippen molar-refractivity contribution in [2.24, 2.45) is 0 Å². The molecule has 3 heteroatoms. The molecule has 0 aromatic heterocycles.